The number of aliphatic carboxylic acids is 1. The maximum Gasteiger partial charge on any atom is 0.407 e. The van der Waals surface area contributed by atoms with Crippen molar-refractivity contribution < 1.29 is 24.2 Å². The van der Waals surface area contributed by atoms with Crippen LogP contribution < -0.4 is 10.6 Å². The molecular formula is C28H34N2O5. The van der Waals surface area contributed by atoms with Crippen LogP contribution in [0.3, 0.4) is 0 Å². The van der Waals surface area contributed by atoms with Gasteiger partial charge in [-0.15, -0.1) is 0 Å². The number of rotatable bonds is 13. The zero-order chi connectivity index (χ0) is 25.0. The number of alkyl carbamates (subject to hydrolysis) is 1. The summed E-state index contributed by atoms with van der Waals surface area (Å²) in [6.45, 7) is 2.61. The van der Waals surface area contributed by atoms with E-state index < -0.39 is 12.1 Å². The first kappa shape index (κ1) is 26.0. The number of amides is 2. The van der Waals surface area contributed by atoms with E-state index in [1.165, 1.54) is 35.3 Å². The molecule has 3 rings (SSSR count). The minimum Gasteiger partial charge on any atom is -0.478 e. The van der Waals surface area contributed by atoms with E-state index in [-0.39, 0.29) is 23.9 Å². The van der Waals surface area contributed by atoms with Crippen LogP contribution in [0, 0.1) is 0 Å². The van der Waals surface area contributed by atoms with Crippen LogP contribution in [-0.4, -0.2) is 42.8 Å². The maximum absolute atomic E-state index is 12.2. The van der Waals surface area contributed by atoms with Gasteiger partial charge < -0.3 is 20.5 Å². The molecular weight excluding hydrogens is 444 g/mol. The molecule has 0 aliphatic heterocycles. The van der Waals surface area contributed by atoms with Gasteiger partial charge in [0.15, 0.2) is 0 Å². The Morgan fingerprint density at radius 1 is 0.886 bits per heavy atom. The molecule has 186 valence electrons. The first-order valence-electron chi connectivity index (χ1n) is 12.2. The van der Waals surface area contributed by atoms with E-state index >= 15 is 0 Å². The van der Waals surface area contributed by atoms with Crippen LogP contribution in [0.15, 0.2) is 60.2 Å². The highest BCUT2D eigenvalue weighted by atomic mass is 16.5. The van der Waals surface area contributed by atoms with Crippen LogP contribution in [-0.2, 0) is 14.3 Å². The highest BCUT2D eigenvalue weighted by Gasteiger charge is 2.28. The Bertz CT molecular complexity index is 1020. The van der Waals surface area contributed by atoms with Gasteiger partial charge in [-0.2, -0.15) is 0 Å². The van der Waals surface area contributed by atoms with Gasteiger partial charge in [0.2, 0.25) is 5.91 Å². The lowest BCUT2D eigenvalue weighted by atomic mass is 9.98. The van der Waals surface area contributed by atoms with Gasteiger partial charge >= 0.3 is 12.1 Å². The Hall–Kier alpha value is -3.61. The molecule has 0 saturated carbocycles. The van der Waals surface area contributed by atoms with Crippen molar-refractivity contribution in [2.75, 3.05) is 19.7 Å². The van der Waals surface area contributed by atoms with Gasteiger partial charge in [-0.05, 0) is 42.0 Å². The standard InChI is InChI=1S/C28H34N2O5/c1-20(27(32)33)16-18-29-26(31)15-5-3-2-4-10-17-30-28(34)35-19-25-23-13-8-6-11-21(23)22-12-7-9-14-24(22)25/h6-9,11-14,16,25H,2-5,10,15,17-19H2,1H3,(H,29,31)(H,30,34)(H,32,33)/b20-16+. The number of ether oxygens (including phenoxy) is 1. The number of carbonyl (C=O) groups is 3. The molecule has 1 aliphatic carbocycles. The van der Waals surface area contributed by atoms with E-state index in [2.05, 4.69) is 34.9 Å². The average Bonchev–Trinajstić information content (AvgIpc) is 3.18. The Morgan fingerprint density at radius 2 is 1.49 bits per heavy atom. The molecule has 0 saturated heterocycles. The summed E-state index contributed by atoms with van der Waals surface area (Å²) >= 11 is 0. The van der Waals surface area contributed by atoms with E-state index in [1.54, 1.807) is 0 Å². The van der Waals surface area contributed by atoms with Gasteiger partial charge in [0.05, 0.1) is 0 Å². The van der Waals surface area contributed by atoms with Crippen molar-refractivity contribution in [1.29, 1.82) is 0 Å². The fraction of sp³-hybridized carbons (Fsp3) is 0.393. The molecule has 0 bridgehead atoms. The molecule has 0 heterocycles. The predicted molar refractivity (Wildman–Crippen MR) is 135 cm³/mol. The molecule has 3 N–H and O–H groups in total. The molecule has 7 heteroatoms. The number of carbonyl (C=O) groups excluding carboxylic acids is 2. The summed E-state index contributed by atoms with van der Waals surface area (Å²) < 4.78 is 5.54. The lowest BCUT2D eigenvalue weighted by Crippen LogP contribution is -2.27. The van der Waals surface area contributed by atoms with Gasteiger partial charge in [0.1, 0.15) is 6.61 Å². The van der Waals surface area contributed by atoms with Crippen molar-refractivity contribution >= 4 is 18.0 Å². The summed E-state index contributed by atoms with van der Waals surface area (Å²) in [6, 6.07) is 16.5. The van der Waals surface area contributed by atoms with Gasteiger partial charge in [-0.3, -0.25) is 4.79 Å². The van der Waals surface area contributed by atoms with Crippen molar-refractivity contribution in [3.8, 4) is 11.1 Å². The number of unbranched alkanes of at least 4 members (excludes halogenated alkanes) is 4. The van der Waals surface area contributed by atoms with Gasteiger partial charge in [0.25, 0.3) is 0 Å². The van der Waals surface area contributed by atoms with Crippen molar-refractivity contribution in [3.05, 3.63) is 71.3 Å². The number of benzene rings is 2. The Balaban J connectivity index is 1.24. The molecule has 0 spiro atoms. The van der Waals surface area contributed by atoms with Gasteiger partial charge in [-0.25, -0.2) is 9.59 Å². The zero-order valence-corrected chi connectivity index (χ0v) is 20.2. The number of carboxylic acid groups (broad SMARTS) is 1. The zero-order valence-electron chi connectivity index (χ0n) is 20.2. The number of hydrogen-bond donors (Lipinski definition) is 3. The van der Waals surface area contributed by atoms with Crippen LogP contribution in [0.5, 0.6) is 0 Å². The molecule has 0 aromatic heterocycles. The number of fused-ring (bicyclic) bond motifs is 3. The second kappa shape index (κ2) is 13.3. The third-order valence-corrected chi connectivity index (χ3v) is 6.24. The van der Waals surface area contributed by atoms with Crippen LogP contribution >= 0.6 is 0 Å². The molecule has 7 nitrogen and oxygen atoms in total. The Labute approximate surface area is 206 Å². The first-order chi connectivity index (χ1) is 17.0. The van der Waals surface area contributed by atoms with E-state index in [0.717, 1.165) is 32.1 Å². The topological polar surface area (TPSA) is 105 Å². The summed E-state index contributed by atoms with van der Waals surface area (Å²) in [5.74, 6) is -0.994. The highest BCUT2D eigenvalue weighted by Crippen LogP contribution is 2.44. The molecule has 0 radical (unpaired) electrons. The third kappa shape index (κ3) is 7.70. The second-order valence-electron chi connectivity index (χ2n) is 8.77. The normalized spacial score (nSPS) is 12.5. The molecule has 1 aliphatic rings. The minimum atomic E-state index is -0.979. The number of nitrogens with one attached hydrogen (secondary N) is 2. The van der Waals surface area contributed by atoms with Crippen molar-refractivity contribution in [2.45, 2.75) is 51.4 Å². The lowest BCUT2D eigenvalue weighted by Gasteiger charge is -2.14. The van der Waals surface area contributed by atoms with Crippen molar-refractivity contribution in [2.24, 2.45) is 0 Å². The summed E-state index contributed by atoms with van der Waals surface area (Å²) in [6.07, 6.45) is 6.05. The smallest absolute Gasteiger partial charge is 0.407 e. The second-order valence-corrected chi connectivity index (χ2v) is 8.77. The third-order valence-electron chi connectivity index (χ3n) is 6.24. The van der Waals surface area contributed by atoms with Gasteiger partial charge in [-0.1, -0.05) is 73.9 Å². The van der Waals surface area contributed by atoms with E-state index in [4.69, 9.17) is 9.84 Å². The molecule has 2 amide bonds. The SMILES string of the molecule is C/C(=C\CNC(=O)CCCCCCCNC(=O)OCC1c2ccccc2-c2ccccc21)C(=O)O. The van der Waals surface area contributed by atoms with Crippen LogP contribution in [0.1, 0.15) is 62.5 Å². The molecule has 2 aromatic carbocycles. The predicted octanol–water partition coefficient (Wildman–Crippen LogP) is 5.01. The highest BCUT2D eigenvalue weighted by molar-refractivity contribution is 5.86. The molecule has 0 unspecified atom stereocenters. The van der Waals surface area contributed by atoms with Crippen LogP contribution in [0.2, 0.25) is 0 Å². The van der Waals surface area contributed by atoms with Crippen LogP contribution in [0.25, 0.3) is 11.1 Å². The first-order valence-corrected chi connectivity index (χ1v) is 12.2. The number of hydrogen-bond acceptors (Lipinski definition) is 4. The van der Waals surface area contributed by atoms with Crippen molar-refractivity contribution in [1.82, 2.24) is 10.6 Å². The molecule has 0 atom stereocenters. The maximum atomic E-state index is 12.2. The Kier molecular flexibility index (Phi) is 9.90. The van der Waals surface area contributed by atoms with E-state index in [1.807, 2.05) is 24.3 Å². The van der Waals surface area contributed by atoms with E-state index in [0.29, 0.717) is 19.6 Å². The summed E-state index contributed by atoms with van der Waals surface area (Å²) in [5.41, 5.74) is 5.03. The molecule has 35 heavy (non-hydrogen) atoms. The average molecular weight is 479 g/mol. The monoisotopic (exact) mass is 478 g/mol. The summed E-state index contributed by atoms with van der Waals surface area (Å²) in [4.78, 5) is 34.6. The Morgan fingerprint density at radius 3 is 2.14 bits per heavy atom. The molecule has 2 aromatic rings. The van der Waals surface area contributed by atoms with Crippen molar-refractivity contribution in [3.63, 3.8) is 0 Å². The quantitative estimate of drug-likeness (QED) is 0.277. The fourth-order valence-corrected chi connectivity index (χ4v) is 4.27. The minimum absolute atomic E-state index is 0.0579. The lowest BCUT2D eigenvalue weighted by molar-refractivity contribution is -0.132. The summed E-state index contributed by atoms with van der Waals surface area (Å²) in [7, 11) is 0. The van der Waals surface area contributed by atoms with Crippen LogP contribution in [0.4, 0.5) is 4.79 Å². The summed E-state index contributed by atoms with van der Waals surface area (Å²) in [5, 5.41) is 14.3. The largest absolute Gasteiger partial charge is 0.478 e. The number of carboxylic acids is 1. The van der Waals surface area contributed by atoms with Gasteiger partial charge in [0, 0.05) is 31.0 Å². The molecule has 0 fully saturated rings. The van der Waals surface area contributed by atoms with E-state index in [9.17, 15) is 14.4 Å². The fourth-order valence-electron chi connectivity index (χ4n) is 4.27.